The molecule has 4 heteroatoms. The molecular weight excluding hydrogens is 218 g/mol. The maximum Gasteiger partial charge on any atom is 0.323 e. The van der Waals surface area contributed by atoms with Gasteiger partial charge in [0.2, 0.25) is 0 Å². The van der Waals surface area contributed by atoms with Gasteiger partial charge in [0.25, 0.3) is 5.91 Å². The van der Waals surface area contributed by atoms with E-state index in [1.54, 1.807) is 24.3 Å². The van der Waals surface area contributed by atoms with Crippen LogP contribution in [-0.4, -0.2) is 34.5 Å². The number of amides is 1. The molecule has 0 saturated heterocycles. The van der Waals surface area contributed by atoms with Gasteiger partial charge in [-0.15, -0.1) is 0 Å². The summed E-state index contributed by atoms with van der Waals surface area (Å²) in [4.78, 5) is 24.3. The predicted molar refractivity (Wildman–Crippen MR) is 64.9 cm³/mol. The molecule has 1 aromatic rings. The summed E-state index contributed by atoms with van der Waals surface area (Å²) < 4.78 is 0. The molecule has 0 fully saturated rings. The van der Waals surface area contributed by atoms with Crippen molar-refractivity contribution in [1.29, 1.82) is 0 Å². The summed E-state index contributed by atoms with van der Waals surface area (Å²) in [5.41, 5.74) is 0.522. The van der Waals surface area contributed by atoms with E-state index in [-0.39, 0.29) is 18.5 Å². The molecule has 1 N–H and O–H groups in total. The molecule has 1 aromatic carbocycles. The SMILES string of the molecule is CCC(C)N(CC(=O)O)C(=O)c1ccccc1. The Morgan fingerprint density at radius 2 is 1.88 bits per heavy atom. The molecule has 0 radical (unpaired) electrons. The Morgan fingerprint density at radius 1 is 1.29 bits per heavy atom. The van der Waals surface area contributed by atoms with Crippen molar-refractivity contribution >= 4 is 11.9 Å². The van der Waals surface area contributed by atoms with Crippen molar-refractivity contribution in [3.8, 4) is 0 Å². The van der Waals surface area contributed by atoms with Crippen molar-refractivity contribution in [2.24, 2.45) is 0 Å². The first kappa shape index (κ1) is 13.2. The molecule has 0 aliphatic rings. The Bertz CT molecular complexity index is 389. The monoisotopic (exact) mass is 235 g/mol. The van der Waals surface area contributed by atoms with E-state index in [0.29, 0.717) is 5.56 Å². The van der Waals surface area contributed by atoms with Crippen LogP contribution in [0.5, 0.6) is 0 Å². The van der Waals surface area contributed by atoms with Crippen LogP contribution in [0, 0.1) is 0 Å². The second kappa shape index (κ2) is 6.03. The first-order chi connectivity index (χ1) is 8.06. The summed E-state index contributed by atoms with van der Waals surface area (Å²) in [7, 11) is 0. The highest BCUT2D eigenvalue weighted by Crippen LogP contribution is 2.10. The second-order valence-electron chi connectivity index (χ2n) is 3.95. The van der Waals surface area contributed by atoms with Crippen LogP contribution in [-0.2, 0) is 4.79 Å². The van der Waals surface area contributed by atoms with E-state index in [9.17, 15) is 9.59 Å². The van der Waals surface area contributed by atoms with E-state index in [4.69, 9.17) is 5.11 Å². The van der Waals surface area contributed by atoms with Gasteiger partial charge >= 0.3 is 5.97 Å². The number of carboxylic acid groups (broad SMARTS) is 1. The van der Waals surface area contributed by atoms with Crippen LogP contribution >= 0.6 is 0 Å². The molecule has 0 saturated carbocycles. The fourth-order valence-corrected chi connectivity index (χ4v) is 1.54. The maximum absolute atomic E-state index is 12.1. The van der Waals surface area contributed by atoms with Gasteiger partial charge in [0.15, 0.2) is 0 Å². The lowest BCUT2D eigenvalue weighted by Crippen LogP contribution is -2.41. The minimum Gasteiger partial charge on any atom is -0.480 e. The number of aliphatic carboxylic acids is 1. The standard InChI is InChI=1S/C13H17NO3/c1-3-10(2)14(9-12(15)16)13(17)11-7-5-4-6-8-11/h4-8,10H,3,9H2,1-2H3,(H,15,16). The first-order valence-corrected chi connectivity index (χ1v) is 5.64. The van der Waals surface area contributed by atoms with Crippen LogP contribution in [0.25, 0.3) is 0 Å². The molecule has 1 amide bonds. The fourth-order valence-electron chi connectivity index (χ4n) is 1.54. The highest BCUT2D eigenvalue weighted by atomic mass is 16.4. The molecule has 92 valence electrons. The Morgan fingerprint density at radius 3 is 2.35 bits per heavy atom. The Kier molecular flexibility index (Phi) is 4.69. The van der Waals surface area contributed by atoms with Gasteiger partial charge in [-0.2, -0.15) is 0 Å². The summed E-state index contributed by atoms with van der Waals surface area (Å²) in [5, 5.41) is 8.83. The number of rotatable bonds is 5. The molecular formula is C13H17NO3. The number of carboxylic acids is 1. The number of hydrogen-bond donors (Lipinski definition) is 1. The molecule has 0 aliphatic carbocycles. The lowest BCUT2D eigenvalue weighted by molar-refractivity contribution is -0.138. The molecule has 4 nitrogen and oxygen atoms in total. The fraction of sp³-hybridized carbons (Fsp3) is 0.385. The topological polar surface area (TPSA) is 57.6 Å². The summed E-state index contributed by atoms with van der Waals surface area (Å²) in [6.07, 6.45) is 0.728. The molecule has 1 rings (SSSR count). The molecule has 17 heavy (non-hydrogen) atoms. The number of carbonyl (C=O) groups is 2. The quantitative estimate of drug-likeness (QED) is 0.849. The van der Waals surface area contributed by atoms with Gasteiger partial charge < -0.3 is 10.0 Å². The molecule has 0 bridgehead atoms. The van der Waals surface area contributed by atoms with Crippen LogP contribution in [0.3, 0.4) is 0 Å². The van der Waals surface area contributed by atoms with Crippen LogP contribution in [0.4, 0.5) is 0 Å². The predicted octanol–water partition coefficient (Wildman–Crippen LogP) is 2.01. The second-order valence-corrected chi connectivity index (χ2v) is 3.95. The highest BCUT2D eigenvalue weighted by Gasteiger charge is 2.22. The van der Waals surface area contributed by atoms with E-state index in [1.165, 1.54) is 4.90 Å². The number of benzene rings is 1. The third-order valence-electron chi connectivity index (χ3n) is 2.71. The van der Waals surface area contributed by atoms with Crippen molar-refractivity contribution in [2.45, 2.75) is 26.3 Å². The molecule has 0 aliphatic heterocycles. The van der Waals surface area contributed by atoms with Crippen molar-refractivity contribution in [2.75, 3.05) is 6.54 Å². The highest BCUT2D eigenvalue weighted by molar-refractivity contribution is 5.96. The van der Waals surface area contributed by atoms with E-state index < -0.39 is 5.97 Å². The zero-order valence-electron chi connectivity index (χ0n) is 10.1. The van der Waals surface area contributed by atoms with Crippen molar-refractivity contribution < 1.29 is 14.7 Å². The van der Waals surface area contributed by atoms with E-state index >= 15 is 0 Å². The summed E-state index contributed by atoms with van der Waals surface area (Å²) in [6.45, 7) is 3.52. The molecule has 0 aromatic heterocycles. The van der Waals surface area contributed by atoms with Crippen LogP contribution in [0.1, 0.15) is 30.6 Å². The van der Waals surface area contributed by atoms with Gasteiger partial charge in [-0.3, -0.25) is 9.59 Å². The summed E-state index contributed by atoms with van der Waals surface area (Å²) in [5.74, 6) is -1.23. The van der Waals surface area contributed by atoms with Gasteiger partial charge in [0.1, 0.15) is 6.54 Å². The first-order valence-electron chi connectivity index (χ1n) is 5.64. The van der Waals surface area contributed by atoms with Gasteiger partial charge in [-0.05, 0) is 25.5 Å². The minimum atomic E-state index is -0.991. The third-order valence-corrected chi connectivity index (χ3v) is 2.71. The summed E-state index contributed by atoms with van der Waals surface area (Å²) >= 11 is 0. The number of carbonyl (C=O) groups excluding carboxylic acids is 1. The Labute approximate surface area is 101 Å². The van der Waals surface area contributed by atoms with Crippen molar-refractivity contribution in [1.82, 2.24) is 4.90 Å². The van der Waals surface area contributed by atoms with Gasteiger partial charge in [0, 0.05) is 11.6 Å². The number of nitrogens with zero attached hydrogens (tertiary/aromatic N) is 1. The number of hydrogen-bond acceptors (Lipinski definition) is 2. The van der Waals surface area contributed by atoms with Gasteiger partial charge in [-0.25, -0.2) is 0 Å². The van der Waals surface area contributed by atoms with Crippen LogP contribution < -0.4 is 0 Å². The lowest BCUT2D eigenvalue weighted by atomic mass is 10.1. The normalized spacial score (nSPS) is 11.9. The zero-order valence-corrected chi connectivity index (χ0v) is 10.1. The smallest absolute Gasteiger partial charge is 0.323 e. The van der Waals surface area contributed by atoms with E-state index in [2.05, 4.69) is 0 Å². The average Bonchev–Trinajstić information content (AvgIpc) is 2.35. The summed E-state index contributed by atoms with van der Waals surface area (Å²) in [6, 6.07) is 8.66. The average molecular weight is 235 g/mol. The Balaban J connectivity index is 2.90. The van der Waals surface area contributed by atoms with Crippen LogP contribution in [0.15, 0.2) is 30.3 Å². The molecule has 0 spiro atoms. The van der Waals surface area contributed by atoms with Gasteiger partial charge in [0.05, 0.1) is 0 Å². The molecule has 0 heterocycles. The van der Waals surface area contributed by atoms with E-state index in [1.807, 2.05) is 19.9 Å². The van der Waals surface area contributed by atoms with Crippen molar-refractivity contribution in [3.63, 3.8) is 0 Å². The Hall–Kier alpha value is -1.84. The maximum atomic E-state index is 12.1. The molecule has 1 unspecified atom stereocenters. The molecule has 1 atom stereocenters. The van der Waals surface area contributed by atoms with Gasteiger partial charge in [-0.1, -0.05) is 25.1 Å². The third kappa shape index (κ3) is 3.59. The van der Waals surface area contributed by atoms with Crippen molar-refractivity contribution in [3.05, 3.63) is 35.9 Å². The zero-order chi connectivity index (χ0) is 12.8. The van der Waals surface area contributed by atoms with E-state index in [0.717, 1.165) is 6.42 Å². The minimum absolute atomic E-state index is 0.0844. The van der Waals surface area contributed by atoms with Crippen LogP contribution in [0.2, 0.25) is 0 Å². The lowest BCUT2D eigenvalue weighted by Gasteiger charge is -2.26. The largest absolute Gasteiger partial charge is 0.480 e.